The van der Waals surface area contributed by atoms with Crippen molar-refractivity contribution in [3.63, 3.8) is 0 Å². The second kappa shape index (κ2) is 6.38. The molecule has 0 aliphatic carbocycles. The van der Waals surface area contributed by atoms with Crippen molar-refractivity contribution in [3.8, 4) is 0 Å². The number of rotatable bonds is 4. The van der Waals surface area contributed by atoms with Crippen LogP contribution in [0.25, 0.3) is 0 Å². The zero-order chi connectivity index (χ0) is 13.6. The lowest BCUT2D eigenvalue weighted by Gasteiger charge is -2.18. The summed E-state index contributed by atoms with van der Waals surface area (Å²) in [6, 6.07) is 6.39. The van der Waals surface area contributed by atoms with Crippen molar-refractivity contribution in [3.05, 3.63) is 35.6 Å². The molecule has 18 heavy (non-hydrogen) atoms. The van der Waals surface area contributed by atoms with E-state index >= 15 is 0 Å². The first-order valence-corrected chi connectivity index (χ1v) is 6.13. The monoisotopic (exact) mass is 252 g/mol. The zero-order valence-electron chi connectivity index (χ0n) is 11.2. The number of amides is 2. The number of nitrogens with one attached hydrogen (secondary N) is 2. The fraction of sp³-hybridized carbons (Fsp3) is 0.500. The molecular weight excluding hydrogens is 231 g/mol. The van der Waals surface area contributed by atoms with E-state index in [9.17, 15) is 9.18 Å². The van der Waals surface area contributed by atoms with Crippen LogP contribution in [-0.2, 0) is 6.42 Å². The minimum atomic E-state index is -0.227. The minimum Gasteiger partial charge on any atom is -0.338 e. The molecular formula is C14H21FN2O. The molecule has 0 aromatic heterocycles. The van der Waals surface area contributed by atoms with Crippen molar-refractivity contribution >= 4 is 6.03 Å². The van der Waals surface area contributed by atoms with E-state index in [1.165, 1.54) is 6.07 Å². The molecule has 1 aromatic rings. The summed E-state index contributed by atoms with van der Waals surface area (Å²) in [7, 11) is 0. The lowest BCUT2D eigenvalue weighted by molar-refractivity contribution is 0.235. The topological polar surface area (TPSA) is 41.1 Å². The van der Waals surface area contributed by atoms with Gasteiger partial charge in [0.1, 0.15) is 5.82 Å². The predicted octanol–water partition coefficient (Wildman–Crippen LogP) is 2.71. The average molecular weight is 252 g/mol. The third-order valence-electron chi connectivity index (χ3n) is 2.42. The number of halogens is 1. The van der Waals surface area contributed by atoms with Crippen LogP contribution in [0.3, 0.4) is 0 Å². The molecule has 2 amide bonds. The standard InChI is InChI=1S/C14H21FN2O/c1-14(2,3)10-17-13(18)16-9-8-11-6-4-5-7-12(11)15/h4-7H,8-10H2,1-3H3,(H2,16,17,18). The molecule has 1 rings (SSSR count). The molecule has 0 spiro atoms. The zero-order valence-corrected chi connectivity index (χ0v) is 11.2. The van der Waals surface area contributed by atoms with E-state index in [1.807, 2.05) is 20.8 Å². The van der Waals surface area contributed by atoms with Gasteiger partial charge in [0.05, 0.1) is 0 Å². The summed E-state index contributed by atoms with van der Waals surface area (Å²) in [5.74, 6) is -0.227. The summed E-state index contributed by atoms with van der Waals surface area (Å²) in [5.41, 5.74) is 0.678. The largest absolute Gasteiger partial charge is 0.338 e. The molecule has 1 aromatic carbocycles. The Morgan fingerprint density at radius 3 is 2.50 bits per heavy atom. The summed E-state index contributed by atoms with van der Waals surface area (Å²) in [5, 5.41) is 5.49. The third kappa shape index (κ3) is 5.66. The van der Waals surface area contributed by atoms with Gasteiger partial charge < -0.3 is 10.6 Å². The van der Waals surface area contributed by atoms with Crippen LogP contribution in [-0.4, -0.2) is 19.1 Å². The van der Waals surface area contributed by atoms with Gasteiger partial charge >= 0.3 is 6.03 Å². The van der Waals surface area contributed by atoms with Crippen LogP contribution in [0, 0.1) is 11.2 Å². The summed E-state index contributed by atoms with van der Waals surface area (Å²) < 4.78 is 13.3. The highest BCUT2D eigenvalue weighted by Gasteiger charge is 2.11. The van der Waals surface area contributed by atoms with Crippen LogP contribution in [0.4, 0.5) is 9.18 Å². The van der Waals surface area contributed by atoms with Crippen molar-refractivity contribution in [1.29, 1.82) is 0 Å². The molecule has 0 radical (unpaired) electrons. The molecule has 0 unspecified atom stereocenters. The molecule has 0 bridgehead atoms. The van der Waals surface area contributed by atoms with E-state index in [0.717, 1.165) is 0 Å². The maximum atomic E-state index is 13.3. The Hall–Kier alpha value is -1.58. The van der Waals surface area contributed by atoms with Crippen LogP contribution < -0.4 is 10.6 Å². The van der Waals surface area contributed by atoms with Gasteiger partial charge in [-0.2, -0.15) is 0 Å². The van der Waals surface area contributed by atoms with Gasteiger partial charge in [-0.25, -0.2) is 9.18 Å². The van der Waals surface area contributed by atoms with Crippen molar-refractivity contribution in [1.82, 2.24) is 10.6 Å². The van der Waals surface area contributed by atoms with Crippen LogP contribution in [0.5, 0.6) is 0 Å². The molecule has 0 saturated heterocycles. The molecule has 2 N–H and O–H groups in total. The number of carbonyl (C=O) groups is 1. The number of hydrogen-bond donors (Lipinski definition) is 2. The van der Waals surface area contributed by atoms with Crippen molar-refractivity contribution < 1.29 is 9.18 Å². The molecule has 0 atom stereocenters. The van der Waals surface area contributed by atoms with Crippen molar-refractivity contribution in [2.24, 2.45) is 5.41 Å². The Bertz CT molecular complexity index is 399. The fourth-order valence-electron chi connectivity index (χ4n) is 1.42. The van der Waals surface area contributed by atoms with Crippen molar-refractivity contribution in [2.75, 3.05) is 13.1 Å². The van der Waals surface area contributed by atoms with E-state index in [4.69, 9.17) is 0 Å². The average Bonchev–Trinajstić information content (AvgIpc) is 2.28. The molecule has 0 aliphatic heterocycles. The summed E-state index contributed by atoms with van der Waals surface area (Å²) >= 11 is 0. The normalized spacial score (nSPS) is 11.1. The Morgan fingerprint density at radius 2 is 1.89 bits per heavy atom. The van der Waals surface area contributed by atoms with Crippen LogP contribution in [0.15, 0.2) is 24.3 Å². The van der Waals surface area contributed by atoms with Crippen LogP contribution >= 0.6 is 0 Å². The van der Waals surface area contributed by atoms with E-state index in [2.05, 4.69) is 10.6 Å². The number of benzene rings is 1. The maximum absolute atomic E-state index is 13.3. The molecule has 4 heteroatoms. The van der Waals surface area contributed by atoms with Gasteiger partial charge in [0.25, 0.3) is 0 Å². The van der Waals surface area contributed by atoms with Gasteiger partial charge in [0.2, 0.25) is 0 Å². The van der Waals surface area contributed by atoms with Gasteiger partial charge in [-0.15, -0.1) is 0 Å². The Balaban J connectivity index is 2.26. The molecule has 100 valence electrons. The van der Waals surface area contributed by atoms with E-state index in [1.54, 1.807) is 18.2 Å². The Kier molecular flexibility index (Phi) is 5.13. The lowest BCUT2D eigenvalue weighted by Crippen LogP contribution is -2.40. The first-order chi connectivity index (χ1) is 8.38. The highest BCUT2D eigenvalue weighted by molar-refractivity contribution is 5.73. The highest BCUT2D eigenvalue weighted by atomic mass is 19.1. The van der Waals surface area contributed by atoms with Crippen LogP contribution in [0.2, 0.25) is 0 Å². The molecule has 0 heterocycles. The predicted molar refractivity (Wildman–Crippen MR) is 71.0 cm³/mol. The fourth-order valence-corrected chi connectivity index (χ4v) is 1.42. The molecule has 0 fully saturated rings. The van der Waals surface area contributed by atoms with E-state index < -0.39 is 0 Å². The summed E-state index contributed by atoms with van der Waals surface area (Å²) in [6.45, 7) is 7.18. The first kappa shape index (κ1) is 14.5. The smallest absolute Gasteiger partial charge is 0.314 e. The van der Waals surface area contributed by atoms with E-state index in [-0.39, 0.29) is 17.3 Å². The van der Waals surface area contributed by atoms with Gasteiger partial charge in [-0.05, 0) is 23.5 Å². The van der Waals surface area contributed by atoms with Gasteiger partial charge in [0.15, 0.2) is 0 Å². The second-order valence-corrected chi connectivity index (χ2v) is 5.51. The molecule has 3 nitrogen and oxygen atoms in total. The highest BCUT2D eigenvalue weighted by Crippen LogP contribution is 2.10. The quantitative estimate of drug-likeness (QED) is 0.850. The first-order valence-electron chi connectivity index (χ1n) is 6.13. The van der Waals surface area contributed by atoms with Gasteiger partial charge in [-0.1, -0.05) is 39.0 Å². The van der Waals surface area contributed by atoms with Crippen molar-refractivity contribution in [2.45, 2.75) is 27.2 Å². The number of urea groups is 1. The second-order valence-electron chi connectivity index (χ2n) is 5.51. The SMILES string of the molecule is CC(C)(C)CNC(=O)NCCc1ccccc1F. The molecule has 0 aliphatic rings. The lowest BCUT2D eigenvalue weighted by atomic mass is 9.97. The Morgan fingerprint density at radius 1 is 1.22 bits per heavy atom. The third-order valence-corrected chi connectivity index (χ3v) is 2.42. The number of hydrogen-bond acceptors (Lipinski definition) is 1. The maximum Gasteiger partial charge on any atom is 0.314 e. The minimum absolute atomic E-state index is 0.0584. The van der Waals surface area contributed by atoms with Gasteiger partial charge in [-0.3, -0.25) is 0 Å². The number of carbonyl (C=O) groups excluding carboxylic acids is 1. The Labute approximate surface area is 108 Å². The molecule has 0 saturated carbocycles. The van der Waals surface area contributed by atoms with Gasteiger partial charge in [0, 0.05) is 13.1 Å². The van der Waals surface area contributed by atoms with E-state index in [0.29, 0.717) is 25.1 Å². The summed E-state index contributed by atoms with van der Waals surface area (Å²) in [4.78, 5) is 11.4. The van der Waals surface area contributed by atoms with Crippen LogP contribution in [0.1, 0.15) is 26.3 Å². The summed E-state index contributed by atoms with van der Waals surface area (Å²) in [6.07, 6.45) is 0.496.